The highest BCUT2D eigenvalue weighted by Gasteiger charge is 2.29. The molecule has 2 aliphatic rings. The summed E-state index contributed by atoms with van der Waals surface area (Å²) in [6.45, 7) is 8.33. The van der Waals surface area contributed by atoms with Crippen molar-refractivity contribution in [3.8, 4) is 34.3 Å². The average Bonchev–Trinajstić information content (AvgIpc) is 3.46. The molecule has 0 saturated carbocycles. The maximum absolute atomic E-state index is 12.2. The molecule has 0 radical (unpaired) electrons. The van der Waals surface area contributed by atoms with Gasteiger partial charge in [0, 0.05) is 108 Å². The van der Waals surface area contributed by atoms with Crippen LogP contribution in [-0.2, 0) is 32.0 Å². The van der Waals surface area contributed by atoms with Crippen LogP contribution in [0.5, 0.6) is 11.8 Å². The molecule has 2 atom stereocenters. The molecule has 22 heteroatoms. The highest BCUT2D eigenvalue weighted by molar-refractivity contribution is 6.35. The Bertz CT molecular complexity index is 2790. The number of carbonyl (C=O) groups excluding carboxylic acids is 2. The Labute approximate surface area is 487 Å². The SMILES string of the molecule is CN1Cc2c(Cl)cc(Cl)cc2[C@H](c2cccc(-c3cc(OCCOCCOCCNC(=O)NCCCCNC(=O)NCCOCCOCCOc4cc(-c5cccc([C@@H]6CN(C)Cc7c(Cl)cc(Cl)cc76)c5)ncn4)ncn3)c2)C1. The first kappa shape index (κ1) is 60.2. The van der Waals surface area contributed by atoms with Gasteiger partial charge in [0.15, 0.2) is 0 Å². The Morgan fingerprint density at radius 3 is 1.34 bits per heavy atom. The molecule has 4 amide bonds. The van der Waals surface area contributed by atoms with Gasteiger partial charge < -0.3 is 59.5 Å². The molecule has 80 heavy (non-hydrogen) atoms. The van der Waals surface area contributed by atoms with Crippen molar-refractivity contribution in [2.75, 3.05) is 119 Å². The Morgan fingerprint density at radius 1 is 0.500 bits per heavy atom. The van der Waals surface area contributed by atoms with E-state index >= 15 is 0 Å². The third-order valence-electron chi connectivity index (χ3n) is 13.4. The van der Waals surface area contributed by atoms with Crippen LogP contribution in [0.15, 0.2) is 97.6 Å². The molecule has 6 aromatic rings. The zero-order valence-corrected chi connectivity index (χ0v) is 48.0. The predicted molar refractivity (Wildman–Crippen MR) is 311 cm³/mol. The van der Waals surface area contributed by atoms with Gasteiger partial charge in [-0.15, -0.1) is 0 Å². The van der Waals surface area contributed by atoms with Gasteiger partial charge in [0.25, 0.3) is 0 Å². The number of nitrogens with zero attached hydrogens (tertiary/aromatic N) is 6. The van der Waals surface area contributed by atoms with Gasteiger partial charge in [-0.1, -0.05) is 82.8 Å². The van der Waals surface area contributed by atoms with E-state index in [9.17, 15) is 9.59 Å². The van der Waals surface area contributed by atoms with Crippen LogP contribution < -0.4 is 30.7 Å². The van der Waals surface area contributed by atoms with Crippen LogP contribution in [0.25, 0.3) is 22.5 Å². The zero-order valence-electron chi connectivity index (χ0n) is 45.0. The quantitative estimate of drug-likeness (QED) is 0.0325. The number of unbranched alkanes of at least 4 members (excludes halogenated alkanes) is 1. The van der Waals surface area contributed by atoms with Crippen molar-refractivity contribution in [1.82, 2.24) is 51.0 Å². The van der Waals surface area contributed by atoms with Gasteiger partial charge in [-0.25, -0.2) is 29.5 Å². The van der Waals surface area contributed by atoms with Gasteiger partial charge in [-0.2, -0.15) is 0 Å². The summed E-state index contributed by atoms with van der Waals surface area (Å²) in [5.41, 5.74) is 10.2. The Hall–Kier alpha value is -5.90. The third kappa shape index (κ3) is 18.3. The Morgan fingerprint density at radius 2 is 0.900 bits per heavy atom. The molecular formula is C58H68Cl4N10O8. The first-order valence-electron chi connectivity index (χ1n) is 26.7. The number of urea groups is 2. The van der Waals surface area contributed by atoms with E-state index in [4.69, 9.17) is 74.8 Å². The van der Waals surface area contributed by atoms with Crippen molar-refractivity contribution in [1.29, 1.82) is 0 Å². The summed E-state index contributed by atoms with van der Waals surface area (Å²) in [6.07, 6.45) is 4.38. The van der Waals surface area contributed by atoms with Crippen molar-refractivity contribution in [3.63, 3.8) is 0 Å². The third-order valence-corrected chi connectivity index (χ3v) is 14.5. The van der Waals surface area contributed by atoms with Gasteiger partial charge in [-0.3, -0.25) is 0 Å². The van der Waals surface area contributed by atoms with Crippen LogP contribution in [0.3, 0.4) is 0 Å². The van der Waals surface area contributed by atoms with E-state index in [1.54, 1.807) is 12.1 Å². The summed E-state index contributed by atoms with van der Waals surface area (Å²) in [4.78, 5) is 46.4. The van der Waals surface area contributed by atoms with E-state index in [0.717, 1.165) is 82.1 Å². The number of rotatable bonds is 29. The number of likely N-dealkylation sites (N-methyl/N-ethyl adjacent to an activating group) is 2. The smallest absolute Gasteiger partial charge is 0.314 e. The minimum absolute atomic E-state index is 0.109. The number of hydrogen-bond acceptors (Lipinski definition) is 14. The first-order valence-corrected chi connectivity index (χ1v) is 28.3. The molecule has 4 aromatic carbocycles. The minimum atomic E-state index is -0.283. The number of aromatic nitrogens is 4. The Kier molecular flexibility index (Phi) is 23.6. The molecule has 0 fully saturated rings. The second-order valence-corrected chi connectivity index (χ2v) is 21.0. The summed E-state index contributed by atoms with van der Waals surface area (Å²) in [5, 5.41) is 13.8. The molecule has 18 nitrogen and oxygen atoms in total. The van der Waals surface area contributed by atoms with Crippen LogP contribution >= 0.6 is 46.4 Å². The minimum Gasteiger partial charge on any atom is -0.475 e. The fourth-order valence-corrected chi connectivity index (χ4v) is 10.7. The first-order chi connectivity index (χ1) is 39.0. The molecule has 4 N–H and O–H groups in total. The molecule has 426 valence electrons. The van der Waals surface area contributed by atoms with E-state index in [1.807, 2.05) is 48.5 Å². The number of hydrogen-bond donors (Lipinski definition) is 4. The van der Waals surface area contributed by atoms with Gasteiger partial charge in [-0.05, 0) is 96.7 Å². The summed E-state index contributed by atoms with van der Waals surface area (Å²) in [5.74, 6) is 1.12. The van der Waals surface area contributed by atoms with Gasteiger partial charge in [0.05, 0.1) is 64.2 Å². The van der Waals surface area contributed by atoms with Crippen molar-refractivity contribution in [2.24, 2.45) is 0 Å². The molecule has 0 spiro atoms. The van der Waals surface area contributed by atoms with Gasteiger partial charge in [0.1, 0.15) is 25.9 Å². The molecular weight excluding hydrogens is 1110 g/mol. The van der Waals surface area contributed by atoms with E-state index < -0.39 is 0 Å². The van der Waals surface area contributed by atoms with Gasteiger partial charge in [0.2, 0.25) is 11.8 Å². The lowest BCUT2D eigenvalue weighted by atomic mass is 9.84. The predicted octanol–water partition coefficient (Wildman–Crippen LogP) is 9.27. The number of ether oxygens (including phenoxy) is 6. The number of amides is 4. The van der Waals surface area contributed by atoms with Crippen LogP contribution in [0.4, 0.5) is 9.59 Å². The molecule has 2 aliphatic heterocycles. The fourth-order valence-electron chi connectivity index (χ4n) is 9.55. The molecule has 8 rings (SSSR count). The molecule has 4 heterocycles. The topological polar surface area (TPSA) is 196 Å². The van der Waals surface area contributed by atoms with Crippen LogP contribution in [0.2, 0.25) is 20.1 Å². The second kappa shape index (κ2) is 31.3. The lowest BCUT2D eigenvalue weighted by Crippen LogP contribution is -2.39. The normalized spacial score (nSPS) is 15.2. The number of fused-ring (bicyclic) bond motifs is 2. The number of nitrogens with one attached hydrogen (secondary N) is 4. The molecule has 2 aromatic heterocycles. The average molecular weight is 1180 g/mol. The molecule has 0 bridgehead atoms. The summed E-state index contributed by atoms with van der Waals surface area (Å²) in [7, 11) is 4.19. The number of benzene rings is 4. The maximum atomic E-state index is 12.2. The molecule has 0 aliphatic carbocycles. The highest BCUT2D eigenvalue weighted by Crippen LogP contribution is 2.41. The molecule has 0 saturated heterocycles. The summed E-state index contributed by atoms with van der Waals surface area (Å²) < 4.78 is 34.2. The van der Waals surface area contributed by atoms with Crippen LogP contribution in [0.1, 0.15) is 58.1 Å². The lowest BCUT2D eigenvalue weighted by molar-refractivity contribution is 0.0372. The standard InChI is InChI=1S/C58H68Cl4N10O8/c1-71-33-47(45-27-43(59)29-51(61)49(45)35-71)39-7-5-9-41(25-39)53-31-55(69-37-67-53)79-23-21-77-19-17-75-15-13-65-57(73)63-11-3-4-12-64-58(74)66-14-16-76-18-20-78-22-24-80-56-32-54(68-38-70-56)42-10-6-8-40(26-42)48-34-72(2)36-50-46(48)28-44(60)30-52(50)62/h5-10,25-32,37-38,47-48H,3-4,11-24,33-36H2,1-2H3,(H2,63,65,73)(H2,64,66,74)/t47-,48-/m0/s1. The lowest BCUT2D eigenvalue weighted by Gasteiger charge is -2.33. The van der Waals surface area contributed by atoms with Gasteiger partial charge >= 0.3 is 12.1 Å². The maximum Gasteiger partial charge on any atom is 0.314 e. The number of halogens is 4. The zero-order chi connectivity index (χ0) is 56.1. The van der Waals surface area contributed by atoms with Crippen LogP contribution in [0, 0.1) is 0 Å². The van der Waals surface area contributed by atoms with Crippen molar-refractivity contribution >= 4 is 58.5 Å². The second-order valence-electron chi connectivity index (χ2n) is 19.4. The fraction of sp³-hybridized carbons (Fsp3) is 0.414. The van der Waals surface area contributed by atoms with E-state index in [0.29, 0.717) is 137 Å². The summed E-state index contributed by atoms with van der Waals surface area (Å²) in [6, 6.07) is 27.4. The van der Waals surface area contributed by atoms with Crippen molar-refractivity contribution in [3.05, 3.63) is 151 Å². The summed E-state index contributed by atoms with van der Waals surface area (Å²) >= 11 is 26.1. The van der Waals surface area contributed by atoms with E-state index in [-0.39, 0.29) is 23.9 Å². The highest BCUT2D eigenvalue weighted by atomic mass is 35.5. The van der Waals surface area contributed by atoms with E-state index in [2.05, 4.69) is 89.4 Å². The van der Waals surface area contributed by atoms with E-state index in [1.165, 1.54) is 12.7 Å². The van der Waals surface area contributed by atoms with Crippen LogP contribution in [-0.4, -0.2) is 161 Å². The molecule has 0 unspecified atom stereocenters. The Balaban J connectivity index is 0.583. The monoisotopic (exact) mass is 1170 g/mol. The largest absolute Gasteiger partial charge is 0.475 e. The van der Waals surface area contributed by atoms with Crippen molar-refractivity contribution < 1.29 is 38.0 Å². The number of carbonyl (C=O) groups is 2. The van der Waals surface area contributed by atoms with Crippen molar-refractivity contribution in [2.45, 2.75) is 37.8 Å².